The first-order valence-corrected chi connectivity index (χ1v) is 11.5. The number of nitrogens with zero attached hydrogens (tertiary/aromatic N) is 2. The Morgan fingerprint density at radius 1 is 1.00 bits per heavy atom. The maximum atomic E-state index is 13.6. The van der Waals surface area contributed by atoms with Crippen LogP contribution in [0.1, 0.15) is 24.0 Å². The van der Waals surface area contributed by atoms with Crippen molar-refractivity contribution in [1.29, 1.82) is 0 Å². The predicted molar refractivity (Wildman–Crippen MR) is 128 cm³/mol. The number of carbonyl (C=O) groups excluding carboxylic acids is 1. The molecule has 5 rings (SSSR count). The molecule has 34 heavy (non-hydrogen) atoms. The van der Waals surface area contributed by atoms with Gasteiger partial charge in [-0.25, -0.2) is 13.6 Å². The molecular weight excluding hydrogens is 436 g/mol. The van der Waals surface area contributed by atoms with E-state index in [2.05, 4.69) is 10.2 Å². The van der Waals surface area contributed by atoms with Crippen LogP contribution in [0.5, 0.6) is 5.75 Å². The minimum Gasteiger partial charge on any atom is -0.497 e. The number of likely N-dealkylation sites (tertiary alicyclic amines) is 1. The second kappa shape index (κ2) is 9.06. The molecule has 1 spiro atoms. The number of benzene rings is 3. The topological polar surface area (TPSA) is 44.8 Å². The van der Waals surface area contributed by atoms with E-state index in [1.165, 1.54) is 24.3 Å². The largest absolute Gasteiger partial charge is 0.497 e. The molecule has 7 heteroatoms. The van der Waals surface area contributed by atoms with E-state index in [1.54, 1.807) is 24.1 Å². The van der Waals surface area contributed by atoms with Gasteiger partial charge in [0.1, 0.15) is 17.4 Å². The molecule has 0 saturated carbocycles. The summed E-state index contributed by atoms with van der Waals surface area (Å²) in [5, 5.41) is 2.84. The Hall–Kier alpha value is -3.45. The Kier molecular flexibility index (Phi) is 5.96. The summed E-state index contributed by atoms with van der Waals surface area (Å²) in [4.78, 5) is 17.4. The second-order valence-electron chi connectivity index (χ2n) is 9.09. The molecular formula is C27H27F2N3O2. The third kappa shape index (κ3) is 4.35. The van der Waals surface area contributed by atoms with Gasteiger partial charge < -0.3 is 10.1 Å². The maximum Gasteiger partial charge on any atom is 0.326 e. The first-order valence-electron chi connectivity index (χ1n) is 11.5. The molecule has 176 valence electrons. The highest BCUT2D eigenvalue weighted by atomic mass is 19.1. The van der Waals surface area contributed by atoms with Crippen LogP contribution >= 0.6 is 0 Å². The van der Waals surface area contributed by atoms with Gasteiger partial charge in [0.15, 0.2) is 0 Å². The van der Waals surface area contributed by atoms with Gasteiger partial charge in [0.2, 0.25) is 0 Å². The van der Waals surface area contributed by atoms with Gasteiger partial charge in [0.25, 0.3) is 0 Å². The Bertz CT molecular complexity index is 1190. The number of anilines is 2. The number of hydrogen-bond donors (Lipinski definition) is 1. The fourth-order valence-corrected chi connectivity index (χ4v) is 5.13. The minimum atomic E-state index is -0.394. The molecule has 2 heterocycles. The lowest BCUT2D eigenvalue weighted by Crippen LogP contribution is -2.46. The maximum absolute atomic E-state index is 13.6. The van der Waals surface area contributed by atoms with Crippen LogP contribution in [-0.2, 0) is 12.0 Å². The molecule has 2 aliphatic heterocycles. The average molecular weight is 464 g/mol. The van der Waals surface area contributed by atoms with E-state index in [-0.39, 0.29) is 17.3 Å². The van der Waals surface area contributed by atoms with Crippen molar-refractivity contribution in [3.8, 4) is 5.75 Å². The number of rotatable bonds is 4. The monoisotopic (exact) mass is 463 g/mol. The zero-order valence-electron chi connectivity index (χ0n) is 19.1. The second-order valence-corrected chi connectivity index (χ2v) is 9.09. The van der Waals surface area contributed by atoms with Gasteiger partial charge in [-0.2, -0.15) is 0 Å². The summed E-state index contributed by atoms with van der Waals surface area (Å²) in [7, 11) is 1.64. The molecule has 5 nitrogen and oxygen atoms in total. The van der Waals surface area contributed by atoms with Crippen LogP contribution in [0.15, 0.2) is 66.7 Å². The van der Waals surface area contributed by atoms with Crippen LogP contribution in [-0.4, -0.2) is 37.7 Å². The molecule has 2 amide bonds. The number of fused-ring (bicyclic) bond motifs is 2. The molecule has 2 aliphatic rings. The van der Waals surface area contributed by atoms with Gasteiger partial charge in [-0.3, -0.25) is 9.80 Å². The number of piperidine rings is 1. The predicted octanol–water partition coefficient (Wildman–Crippen LogP) is 5.56. The van der Waals surface area contributed by atoms with Gasteiger partial charge in [0.05, 0.1) is 7.11 Å². The van der Waals surface area contributed by atoms with E-state index in [0.29, 0.717) is 12.2 Å². The molecule has 0 bridgehead atoms. The molecule has 3 aromatic carbocycles. The van der Waals surface area contributed by atoms with Gasteiger partial charge in [-0.05, 0) is 85.6 Å². The molecule has 0 radical (unpaired) electrons. The number of carbonyl (C=O) groups is 1. The number of amides is 2. The SMILES string of the molecule is COc1ccc2c(c1)C1(CCN(Cc3ccc(F)cc3)CC1)CN2C(=O)Nc1cccc(F)c1. The van der Waals surface area contributed by atoms with Crippen molar-refractivity contribution < 1.29 is 18.3 Å². The zero-order chi connectivity index (χ0) is 23.7. The van der Waals surface area contributed by atoms with Crippen molar-refractivity contribution in [2.75, 3.05) is 37.0 Å². The quantitative estimate of drug-likeness (QED) is 0.551. The van der Waals surface area contributed by atoms with E-state index in [0.717, 1.165) is 55.0 Å². The highest BCUT2D eigenvalue weighted by Gasteiger charge is 2.46. The first-order chi connectivity index (χ1) is 16.5. The van der Waals surface area contributed by atoms with E-state index >= 15 is 0 Å². The summed E-state index contributed by atoms with van der Waals surface area (Å²) < 4.78 is 32.3. The highest BCUT2D eigenvalue weighted by Crippen LogP contribution is 2.48. The Morgan fingerprint density at radius 2 is 1.76 bits per heavy atom. The van der Waals surface area contributed by atoms with E-state index in [1.807, 2.05) is 30.3 Å². The van der Waals surface area contributed by atoms with Gasteiger partial charge >= 0.3 is 6.03 Å². The Morgan fingerprint density at radius 3 is 2.47 bits per heavy atom. The molecule has 1 saturated heterocycles. The van der Waals surface area contributed by atoms with Crippen molar-refractivity contribution >= 4 is 17.4 Å². The molecule has 1 fully saturated rings. The summed E-state index contributed by atoms with van der Waals surface area (Å²) in [6, 6.07) is 18.1. The number of nitrogens with one attached hydrogen (secondary N) is 1. The smallest absolute Gasteiger partial charge is 0.326 e. The summed E-state index contributed by atoms with van der Waals surface area (Å²) in [5.74, 6) is 0.142. The minimum absolute atomic E-state index is 0.178. The number of hydrogen-bond acceptors (Lipinski definition) is 3. The fourth-order valence-electron chi connectivity index (χ4n) is 5.13. The first kappa shape index (κ1) is 22.3. The van der Waals surface area contributed by atoms with Crippen LogP contribution in [0, 0.1) is 11.6 Å². The highest BCUT2D eigenvalue weighted by molar-refractivity contribution is 6.03. The van der Waals surface area contributed by atoms with Gasteiger partial charge in [0, 0.05) is 29.9 Å². The van der Waals surface area contributed by atoms with Crippen LogP contribution in [0.25, 0.3) is 0 Å². The van der Waals surface area contributed by atoms with E-state index in [9.17, 15) is 13.6 Å². The average Bonchev–Trinajstić information content (AvgIpc) is 3.15. The van der Waals surface area contributed by atoms with Crippen LogP contribution in [0.3, 0.4) is 0 Å². The van der Waals surface area contributed by atoms with Crippen molar-refractivity contribution in [3.63, 3.8) is 0 Å². The van der Waals surface area contributed by atoms with Gasteiger partial charge in [-0.1, -0.05) is 18.2 Å². The number of halogens is 2. The molecule has 1 N–H and O–H groups in total. The third-order valence-electron chi connectivity index (χ3n) is 6.98. The normalized spacial score (nSPS) is 17.0. The summed E-state index contributed by atoms with van der Waals surface area (Å²) in [6.07, 6.45) is 1.77. The van der Waals surface area contributed by atoms with Gasteiger partial charge in [-0.15, -0.1) is 0 Å². The van der Waals surface area contributed by atoms with Crippen molar-refractivity contribution in [1.82, 2.24) is 4.90 Å². The number of methoxy groups -OCH3 is 1. The van der Waals surface area contributed by atoms with Crippen molar-refractivity contribution in [2.24, 2.45) is 0 Å². The fraction of sp³-hybridized carbons (Fsp3) is 0.296. The summed E-state index contributed by atoms with van der Waals surface area (Å²) in [6.45, 7) is 3.06. The standard InChI is InChI=1S/C27H27F2N3O2/c1-34-23-9-10-25-24(16-23)27(18-32(25)26(33)30-22-4-2-3-21(29)15-22)11-13-31(14-12-27)17-19-5-7-20(28)8-6-19/h2-10,15-16H,11-14,17-18H2,1H3,(H,30,33). The van der Waals surface area contributed by atoms with Crippen LogP contribution < -0.4 is 15.0 Å². The molecule has 3 aromatic rings. The third-order valence-corrected chi connectivity index (χ3v) is 6.98. The summed E-state index contributed by atoms with van der Waals surface area (Å²) in [5.41, 5.74) is 3.31. The summed E-state index contributed by atoms with van der Waals surface area (Å²) >= 11 is 0. The Labute approximate surface area is 197 Å². The molecule has 0 aromatic heterocycles. The van der Waals surface area contributed by atoms with Crippen molar-refractivity contribution in [3.05, 3.63) is 89.5 Å². The molecule has 0 unspecified atom stereocenters. The zero-order valence-corrected chi connectivity index (χ0v) is 19.1. The van der Waals surface area contributed by atoms with E-state index in [4.69, 9.17) is 4.74 Å². The molecule has 0 aliphatic carbocycles. The lowest BCUT2D eigenvalue weighted by Gasteiger charge is -2.40. The molecule has 0 atom stereocenters. The lowest BCUT2D eigenvalue weighted by atomic mass is 9.74. The lowest BCUT2D eigenvalue weighted by molar-refractivity contribution is 0.160. The van der Waals surface area contributed by atoms with E-state index < -0.39 is 5.82 Å². The Balaban J connectivity index is 1.36. The van der Waals surface area contributed by atoms with Crippen LogP contribution in [0.2, 0.25) is 0 Å². The van der Waals surface area contributed by atoms with Crippen LogP contribution in [0.4, 0.5) is 25.0 Å². The van der Waals surface area contributed by atoms with Crippen molar-refractivity contribution in [2.45, 2.75) is 24.8 Å². The number of urea groups is 1. The number of ether oxygens (including phenoxy) is 1.